The zero-order valence-electron chi connectivity index (χ0n) is 9.67. The molecule has 2 aliphatic carbocycles. The monoisotopic (exact) mass is 240 g/mol. The van der Waals surface area contributed by atoms with E-state index in [2.05, 4.69) is 12.2 Å². The number of hydrogen-bond acceptors (Lipinski definition) is 2. The molecule has 0 saturated carbocycles. The van der Waals surface area contributed by atoms with E-state index in [0.717, 1.165) is 11.1 Å². The van der Waals surface area contributed by atoms with Gasteiger partial charge in [-0.1, -0.05) is 36.5 Å². The van der Waals surface area contributed by atoms with Crippen molar-refractivity contribution in [2.45, 2.75) is 6.42 Å². The molecule has 0 amide bonds. The van der Waals surface area contributed by atoms with Gasteiger partial charge in [-0.15, -0.1) is 0 Å². The highest BCUT2D eigenvalue weighted by Crippen LogP contribution is 2.33. The molecule has 1 atom stereocenters. The number of carboxylic acids is 1. The van der Waals surface area contributed by atoms with Crippen molar-refractivity contribution < 1.29 is 14.6 Å². The topological polar surface area (TPSA) is 46.5 Å². The largest absolute Gasteiger partial charge is 0.478 e. The van der Waals surface area contributed by atoms with E-state index < -0.39 is 5.97 Å². The van der Waals surface area contributed by atoms with Crippen LogP contribution in [0.3, 0.4) is 0 Å². The highest BCUT2D eigenvalue weighted by atomic mass is 16.5. The Morgan fingerprint density at radius 1 is 1.39 bits per heavy atom. The molecule has 0 fully saturated rings. The average Bonchev–Trinajstić information content (AvgIpc) is 2.56. The van der Waals surface area contributed by atoms with Crippen LogP contribution in [0.5, 0.6) is 0 Å². The summed E-state index contributed by atoms with van der Waals surface area (Å²) in [5.41, 5.74) is 2.41. The molecule has 0 bridgehead atoms. The van der Waals surface area contributed by atoms with Crippen LogP contribution >= 0.6 is 0 Å². The van der Waals surface area contributed by atoms with Crippen molar-refractivity contribution in [2.24, 2.45) is 5.92 Å². The van der Waals surface area contributed by atoms with Crippen LogP contribution in [0, 0.1) is 5.92 Å². The van der Waals surface area contributed by atoms with Crippen LogP contribution in [0.15, 0.2) is 71.3 Å². The number of carbonyl (C=O) groups is 1. The van der Waals surface area contributed by atoms with Crippen LogP contribution in [0.2, 0.25) is 0 Å². The summed E-state index contributed by atoms with van der Waals surface area (Å²) in [7, 11) is 0. The maximum atomic E-state index is 10.9. The van der Waals surface area contributed by atoms with E-state index in [4.69, 9.17) is 9.84 Å². The summed E-state index contributed by atoms with van der Waals surface area (Å²) in [6, 6.07) is 0. The Morgan fingerprint density at radius 2 is 2.28 bits per heavy atom. The lowest BCUT2D eigenvalue weighted by Gasteiger charge is -2.13. The van der Waals surface area contributed by atoms with Gasteiger partial charge in [0.05, 0.1) is 11.8 Å². The van der Waals surface area contributed by atoms with Gasteiger partial charge >= 0.3 is 5.97 Å². The number of hydrogen-bond donors (Lipinski definition) is 1. The number of fused-ring (bicyclic) bond motifs is 2. The van der Waals surface area contributed by atoms with E-state index in [1.165, 1.54) is 0 Å². The number of allylic oxidation sites excluding steroid dienone is 8. The minimum atomic E-state index is -0.917. The molecular weight excluding hydrogens is 228 g/mol. The van der Waals surface area contributed by atoms with Crippen molar-refractivity contribution in [2.75, 3.05) is 0 Å². The van der Waals surface area contributed by atoms with Crippen LogP contribution in [0.1, 0.15) is 6.42 Å². The standard InChI is InChI=1S/C15H12O3/c16-15(17)12-6-5-11-7-10-3-1-2-4-13(10)9-18-14(11)8-12/h1-4,6-10H,5H2,(H,16,17). The summed E-state index contributed by atoms with van der Waals surface area (Å²) >= 11 is 0. The normalized spacial score (nSPS) is 24.6. The van der Waals surface area contributed by atoms with Crippen LogP contribution < -0.4 is 0 Å². The lowest BCUT2D eigenvalue weighted by Crippen LogP contribution is -2.05. The first kappa shape index (κ1) is 10.8. The molecule has 1 heterocycles. The van der Waals surface area contributed by atoms with E-state index in [1.54, 1.807) is 18.4 Å². The summed E-state index contributed by atoms with van der Waals surface area (Å²) in [5.74, 6) is -0.0615. The first-order valence-electron chi connectivity index (χ1n) is 5.82. The van der Waals surface area contributed by atoms with Gasteiger partial charge in [-0.3, -0.25) is 0 Å². The maximum Gasteiger partial charge on any atom is 0.335 e. The Hall–Kier alpha value is -2.29. The van der Waals surface area contributed by atoms with Crippen molar-refractivity contribution >= 4 is 5.97 Å². The van der Waals surface area contributed by atoms with Crippen molar-refractivity contribution in [3.63, 3.8) is 0 Å². The van der Waals surface area contributed by atoms with Gasteiger partial charge in [0.15, 0.2) is 0 Å². The fourth-order valence-corrected chi connectivity index (χ4v) is 2.21. The van der Waals surface area contributed by atoms with Gasteiger partial charge in [-0.05, 0) is 23.6 Å². The lowest BCUT2D eigenvalue weighted by atomic mass is 9.91. The fourth-order valence-electron chi connectivity index (χ4n) is 2.21. The number of rotatable bonds is 1. The third kappa shape index (κ3) is 1.84. The zero-order valence-corrected chi connectivity index (χ0v) is 9.67. The molecule has 0 aromatic carbocycles. The van der Waals surface area contributed by atoms with E-state index in [0.29, 0.717) is 12.2 Å². The van der Waals surface area contributed by atoms with E-state index in [-0.39, 0.29) is 11.5 Å². The first-order valence-corrected chi connectivity index (χ1v) is 5.82. The second-order valence-corrected chi connectivity index (χ2v) is 4.37. The average molecular weight is 240 g/mol. The summed E-state index contributed by atoms with van der Waals surface area (Å²) in [6.07, 6.45) is 15.8. The van der Waals surface area contributed by atoms with Gasteiger partial charge in [0.1, 0.15) is 5.76 Å². The Kier molecular flexibility index (Phi) is 2.52. The Labute approximate surface area is 105 Å². The Morgan fingerprint density at radius 3 is 3.11 bits per heavy atom. The summed E-state index contributed by atoms with van der Waals surface area (Å²) in [4.78, 5) is 10.9. The minimum Gasteiger partial charge on any atom is -0.478 e. The molecule has 3 rings (SSSR count). The van der Waals surface area contributed by atoms with Crippen LogP contribution in [0.25, 0.3) is 0 Å². The van der Waals surface area contributed by atoms with Crippen molar-refractivity contribution in [1.29, 1.82) is 0 Å². The van der Waals surface area contributed by atoms with Gasteiger partial charge in [0, 0.05) is 5.92 Å². The smallest absolute Gasteiger partial charge is 0.335 e. The van der Waals surface area contributed by atoms with Crippen LogP contribution in [-0.4, -0.2) is 11.1 Å². The predicted octanol–water partition coefficient (Wildman–Crippen LogP) is 2.87. The van der Waals surface area contributed by atoms with Gasteiger partial charge in [0.25, 0.3) is 0 Å². The second kappa shape index (κ2) is 4.18. The molecule has 3 heteroatoms. The zero-order chi connectivity index (χ0) is 12.5. The van der Waals surface area contributed by atoms with Gasteiger partial charge in [-0.25, -0.2) is 4.79 Å². The van der Waals surface area contributed by atoms with Gasteiger partial charge < -0.3 is 9.84 Å². The van der Waals surface area contributed by atoms with Gasteiger partial charge in [-0.2, -0.15) is 0 Å². The Balaban J connectivity index is 1.99. The second-order valence-electron chi connectivity index (χ2n) is 4.37. The molecule has 3 nitrogen and oxygen atoms in total. The summed E-state index contributed by atoms with van der Waals surface area (Å²) < 4.78 is 5.60. The van der Waals surface area contributed by atoms with Crippen molar-refractivity contribution in [3.05, 3.63) is 71.3 Å². The van der Waals surface area contributed by atoms with Crippen molar-refractivity contribution in [3.8, 4) is 0 Å². The molecule has 18 heavy (non-hydrogen) atoms. The third-order valence-electron chi connectivity index (χ3n) is 3.20. The molecule has 0 aromatic rings. The minimum absolute atomic E-state index is 0.218. The molecule has 0 radical (unpaired) electrons. The third-order valence-corrected chi connectivity index (χ3v) is 3.20. The van der Waals surface area contributed by atoms with E-state index >= 15 is 0 Å². The first-order chi connectivity index (χ1) is 8.74. The molecule has 1 unspecified atom stereocenters. The van der Waals surface area contributed by atoms with Crippen molar-refractivity contribution in [1.82, 2.24) is 0 Å². The SMILES string of the molecule is O=C(O)C1=CCC2=CC3C=CC=CC3=COC2=C1. The number of aliphatic carboxylic acids is 1. The molecule has 0 spiro atoms. The molecule has 3 aliphatic rings. The number of carboxylic acid groups (broad SMARTS) is 1. The van der Waals surface area contributed by atoms with Gasteiger partial charge in [0.2, 0.25) is 0 Å². The molecule has 0 aromatic heterocycles. The van der Waals surface area contributed by atoms with E-state index in [1.807, 2.05) is 18.2 Å². The molecule has 90 valence electrons. The quantitative estimate of drug-likeness (QED) is 0.766. The van der Waals surface area contributed by atoms with E-state index in [9.17, 15) is 4.79 Å². The number of ether oxygens (including phenoxy) is 1. The molecular formula is C15H12O3. The molecule has 1 N–H and O–H groups in total. The molecule has 1 aliphatic heterocycles. The lowest BCUT2D eigenvalue weighted by molar-refractivity contribution is -0.132. The highest BCUT2D eigenvalue weighted by molar-refractivity contribution is 5.90. The Bertz CT molecular complexity index is 583. The van der Waals surface area contributed by atoms with Crippen LogP contribution in [-0.2, 0) is 9.53 Å². The predicted molar refractivity (Wildman–Crippen MR) is 67.4 cm³/mol. The summed E-state index contributed by atoms with van der Waals surface area (Å²) in [5, 5.41) is 8.98. The van der Waals surface area contributed by atoms with Crippen LogP contribution in [0.4, 0.5) is 0 Å². The summed E-state index contributed by atoms with van der Waals surface area (Å²) in [6.45, 7) is 0. The highest BCUT2D eigenvalue weighted by Gasteiger charge is 2.21. The maximum absolute atomic E-state index is 10.9. The fraction of sp³-hybridized carbons (Fsp3) is 0.133. The molecule has 0 saturated heterocycles.